The van der Waals surface area contributed by atoms with Gasteiger partial charge in [-0.25, -0.2) is 0 Å². The summed E-state index contributed by atoms with van der Waals surface area (Å²) in [4.78, 5) is 0. The molecule has 0 bridgehead atoms. The van der Waals surface area contributed by atoms with E-state index in [0.29, 0.717) is 11.1 Å². The SMILES string of the molecule is Cc1ccc(-c2nnc(-c3ccc(C)cc3O)o2)c(O)c1. The third-order valence-electron chi connectivity index (χ3n) is 3.19. The Morgan fingerprint density at radius 2 is 1.19 bits per heavy atom. The average Bonchev–Trinajstić information content (AvgIpc) is 2.87. The Bertz CT molecular complexity index is 743. The molecular weight excluding hydrogens is 268 g/mol. The van der Waals surface area contributed by atoms with Gasteiger partial charge >= 0.3 is 0 Å². The smallest absolute Gasteiger partial charge is 0.251 e. The standard InChI is InChI=1S/C16H14N2O3/c1-9-3-5-11(13(19)7-9)15-17-18-16(21-15)12-6-4-10(2)8-14(12)20/h3-8,19-20H,1-2H3. The fraction of sp³-hybridized carbons (Fsp3) is 0.125. The molecular formula is C16H14N2O3. The molecule has 0 fully saturated rings. The lowest BCUT2D eigenvalue weighted by atomic mass is 10.1. The fourth-order valence-corrected chi connectivity index (χ4v) is 2.09. The summed E-state index contributed by atoms with van der Waals surface area (Å²) >= 11 is 0. The van der Waals surface area contributed by atoms with E-state index in [-0.39, 0.29) is 23.3 Å². The third-order valence-corrected chi connectivity index (χ3v) is 3.19. The zero-order valence-corrected chi connectivity index (χ0v) is 11.7. The summed E-state index contributed by atoms with van der Waals surface area (Å²) in [6.45, 7) is 3.76. The predicted octanol–water partition coefficient (Wildman–Crippen LogP) is 3.43. The Morgan fingerprint density at radius 3 is 1.57 bits per heavy atom. The maximum Gasteiger partial charge on any atom is 0.251 e. The van der Waals surface area contributed by atoms with Crippen molar-refractivity contribution >= 4 is 0 Å². The third kappa shape index (κ3) is 2.45. The summed E-state index contributed by atoms with van der Waals surface area (Å²) in [5.41, 5.74) is 2.80. The average molecular weight is 282 g/mol. The van der Waals surface area contributed by atoms with Gasteiger partial charge in [0, 0.05) is 0 Å². The molecule has 0 aliphatic rings. The molecule has 5 heteroatoms. The Kier molecular flexibility index (Phi) is 3.10. The van der Waals surface area contributed by atoms with Crippen LogP contribution in [0.5, 0.6) is 11.5 Å². The second-order valence-electron chi connectivity index (χ2n) is 4.95. The Hall–Kier alpha value is -2.82. The van der Waals surface area contributed by atoms with Gasteiger partial charge in [-0.15, -0.1) is 10.2 Å². The number of aryl methyl sites for hydroxylation is 2. The molecule has 1 aromatic heterocycles. The minimum Gasteiger partial charge on any atom is -0.507 e. The number of hydrogen-bond acceptors (Lipinski definition) is 5. The normalized spacial score (nSPS) is 10.8. The largest absolute Gasteiger partial charge is 0.507 e. The number of benzene rings is 2. The van der Waals surface area contributed by atoms with Crippen LogP contribution in [0.4, 0.5) is 0 Å². The highest BCUT2D eigenvalue weighted by Gasteiger charge is 2.16. The molecule has 1 heterocycles. The van der Waals surface area contributed by atoms with Crippen LogP contribution in [0.1, 0.15) is 11.1 Å². The van der Waals surface area contributed by atoms with Crippen molar-refractivity contribution in [1.82, 2.24) is 10.2 Å². The maximum absolute atomic E-state index is 9.94. The molecule has 2 N–H and O–H groups in total. The number of rotatable bonds is 2. The van der Waals surface area contributed by atoms with Crippen molar-refractivity contribution in [3.05, 3.63) is 47.5 Å². The molecule has 0 radical (unpaired) electrons. The molecule has 0 spiro atoms. The van der Waals surface area contributed by atoms with Crippen LogP contribution >= 0.6 is 0 Å². The first kappa shape index (κ1) is 13.2. The molecule has 3 aromatic rings. The van der Waals surface area contributed by atoms with E-state index in [2.05, 4.69) is 10.2 Å². The van der Waals surface area contributed by atoms with Crippen molar-refractivity contribution in [2.75, 3.05) is 0 Å². The number of aromatic nitrogens is 2. The van der Waals surface area contributed by atoms with E-state index in [1.165, 1.54) is 0 Å². The molecule has 106 valence electrons. The quantitative estimate of drug-likeness (QED) is 0.752. The topological polar surface area (TPSA) is 79.4 Å². The van der Waals surface area contributed by atoms with Crippen molar-refractivity contribution in [2.24, 2.45) is 0 Å². The molecule has 0 aliphatic heterocycles. The van der Waals surface area contributed by atoms with Crippen LogP contribution in [-0.4, -0.2) is 20.4 Å². The molecule has 0 unspecified atom stereocenters. The lowest BCUT2D eigenvalue weighted by Gasteiger charge is -2.01. The minimum atomic E-state index is 0.0818. The number of hydrogen-bond donors (Lipinski definition) is 2. The minimum absolute atomic E-state index is 0.0818. The molecule has 0 amide bonds. The van der Waals surface area contributed by atoms with Gasteiger partial charge < -0.3 is 14.6 Å². The Balaban J connectivity index is 2.03. The molecule has 0 saturated heterocycles. The second-order valence-corrected chi connectivity index (χ2v) is 4.95. The van der Waals surface area contributed by atoms with E-state index in [9.17, 15) is 10.2 Å². The first-order valence-electron chi connectivity index (χ1n) is 6.48. The summed E-state index contributed by atoms with van der Waals surface area (Å²) < 4.78 is 5.55. The lowest BCUT2D eigenvalue weighted by molar-refractivity contribution is 0.470. The first-order chi connectivity index (χ1) is 10.0. The highest BCUT2D eigenvalue weighted by molar-refractivity contribution is 5.66. The van der Waals surface area contributed by atoms with Crippen LogP contribution in [0.2, 0.25) is 0 Å². The van der Waals surface area contributed by atoms with Gasteiger partial charge in [0.2, 0.25) is 0 Å². The van der Waals surface area contributed by atoms with Crippen LogP contribution in [0.3, 0.4) is 0 Å². The molecule has 5 nitrogen and oxygen atoms in total. The van der Waals surface area contributed by atoms with E-state index >= 15 is 0 Å². The molecule has 3 rings (SSSR count). The summed E-state index contributed by atoms with van der Waals surface area (Å²) in [7, 11) is 0. The van der Waals surface area contributed by atoms with Crippen molar-refractivity contribution in [3.63, 3.8) is 0 Å². The van der Waals surface area contributed by atoms with E-state index in [0.717, 1.165) is 11.1 Å². The maximum atomic E-state index is 9.94. The van der Waals surface area contributed by atoms with Crippen molar-refractivity contribution in [1.29, 1.82) is 0 Å². The number of nitrogens with zero attached hydrogens (tertiary/aromatic N) is 2. The first-order valence-corrected chi connectivity index (χ1v) is 6.48. The van der Waals surface area contributed by atoms with Crippen LogP contribution in [0.15, 0.2) is 40.8 Å². The van der Waals surface area contributed by atoms with Crippen LogP contribution in [0, 0.1) is 13.8 Å². The molecule has 0 aliphatic carbocycles. The van der Waals surface area contributed by atoms with Gasteiger partial charge in [0.05, 0.1) is 11.1 Å². The van der Waals surface area contributed by atoms with Crippen LogP contribution in [0.25, 0.3) is 22.9 Å². The summed E-state index contributed by atoms with van der Waals surface area (Å²) in [6.07, 6.45) is 0. The molecule has 0 saturated carbocycles. The van der Waals surface area contributed by atoms with Crippen LogP contribution < -0.4 is 0 Å². The number of aromatic hydroxyl groups is 2. The molecule has 0 atom stereocenters. The van der Waals surface area contributed by atoms with Crippen molar-refractivity contribution in [3.8, 4) is 34.4 Å². The van der Waals surface area contributed by atoms with Gasteiger partial charge in [-0.3, -0.25) is 0 Å². The molecule has 21 heavy (non-hydrogen) atoms. The zero-order chi connectivity index (χ0) is 15.0. The zero-order valence-electron chi connectivity index (χ0n) is 11.7. The number of phenolic OH excluding ortho intramolecular Hbond substituents is 2. The van der Waals surface area contributed by atoms with Gasteiger partial charge in [-0.05, 0) is 49.2 Å². The Labute approximate surface area is 121 Å². The van der Waals surface area contributed by atoms with Gasteiger partial charge in [0.15, 0.2) is 0 Å². The highest BCUT2D eigenvalue weighted by atomic mass is 16.4. The lowest BCUT2D eigenvalue weighted by Crippen LogP contribution is -1.80. The van der Waals surface area contributed by atoms with Gasteiger partial charge in [-0.2, -0.15) is 0 Å². The monoisotopic (exact) mass is 282 g/mol. The summed E-state index contributed by atoms with van der Waals surface area (Å²) in [5.74, 6) is 0.585. The van der Waals surface area contributed by atoms with Crippen molar-refractivity contribution in [2.45, 2.75) is 13.8 Å². The highest BCUT2D eigenvalue weighted by Crippen LogP contribution is 2.33. The molecule has 2 aromatic carbocycles. The van der Waals surface area contributed by atoms with Gasteiger partial charge in [0.25, 0.3) is 11.8 Å². The van der Waals surface area contributed by atoms with E-state index < -0.39 is 0 Å². The predicted molar refractivity (Wildman–Crippen MR) is 78.0 cm³/mol. The van der Waals surface area contributed by atoms with E-state index in [1.807, 2.05) is 26.0 Å². The summed E-state index contributed by atoms with van der Waals surface area (Å²) in [6, 6.07) is 10.4. The van der Waals surface area contributed by atoms with Gasteiger partial charge in [-0.1, -0.05) is 12.1 Å². The van der Waals surface area contributed by atoms with Crippen molar-refractivity contribution < 1.29 is 14.6 Å². The van der Waals surface area contributed by atoms with E-state index in [1.54, 1.807) is 24.3 Å². The van der Waals surface area contributed by atoms with Crippen LogP contribution in [-0.2, 0) is 0 Å². The fourth-order valence-electron chi connectivity index (χ4n) is 2.09. The second kappa shape index (κ2) is 4.94. The summed E-state index contributed by atoms with van der Waals surface area (Å²) in [5, 5.41) is 27.7. The number of phenols is 2. The van der Waals surface area contributed by atoms with Gasteiger partial charge in [0.1, 0.15) is 11.5 Å². The van der Waals surface area contributed by atoms with E-state index in [4.69, 9.17) is 4.42 Å². The Morgan fingerprint density at radius 1 is 0.762 bits per heavy atom.